The third kappa shape index (κ3) is 8.72. The van der Waals surface area contributed by atoms with E-state index >= 15 is 0 Å². The minimum absolute atomic E-state index is 0. The largest absolute Gasteiger partial charge is 0.564 e. The van der Waals surface area contributed by atoms with Crippen LogP contribution < -0.4 is 0 Å². The van der Waals surface area contributed by atoms with Crippen LogP contribution in [0.4, 0.5) is 0 Å². The van der Waals surface area contributed by atoms with Crippen molar-refractivity contribution < 1.29 is 18.1 Å². The van der Waals surface area contributed by atoms with Crippen molar-refractivity contribution in [2.75, 3.05) is 13.2 Å². The fourth-order valence-corrected chi connectivity index (χ4v) is 2.97. The quantitative estimate of drug-likeness (QED) is 0.624. The fraction of sp³-hybridized carbons (Fsp3) is 0.900. The summed E-state index contributed by atoms with van der Waals surface area (Å²) < 4.78 is 16.1. The second kappa shape index (κ2) is 10.7. The Morgan fingerprint density at radius 3 is 2.00 bits per heavy atom. The molecule has 0 atom stereocenters. The summed E-state index contributed by atoms with van der Waals surface area (Å²) in [4.78, 5) is 11.4. The third-order valence-corrected chi connectivity index (χ3v) is 4.07. The number of carbonyl (C=O) groups is 1. The van der Waals surface area contributed by atoms with Crippen molar-refractivity contribution in [2.24, 2.45) is 0 Å². The van der Waals surface area contributed by atoms with Crippen molar-refractivity contribution >= 4 is 44.3 Å². The SMILES string of the molecule is CCCCC(=O)O[Si](C)(OCC)OCC.[Na]. The standard InChI is InChI=1S/C10H22O4Si.Na/c1-5-8-9-10(11)14-15(4,12-6-2)13-7-3;/h5-9H2,1-4H3;. The zero-order chi connectivity index (χ0) is 11.7. The predicted molar refractivity (Wildman–Crippen MR) is 66.2 cm³/mol. The van der Waals surface area contributed by atoms with Crippen LogP contribution in [0.15, 0.2) is 0 Å². The first-order chi connectivity index (χ1) is 7.08. The van der Waals surface area contributed by atoms with Gasteiger partial charge in [-0.3, -0.25) is 4.79 Å². The molecule has 0 heterocycles. The summed E-state index contributed by atoms with van der Waals surface area (Å²) in [6.45, 7) is 8.53. The van der Waals surface area contributed by atoms with E-state index in [1.807, 2.05) is 20.8 Å². The molecule has 0 saturated carbocycles. The molecule has 0 aliphatic heterocycles. The molecule has 0 aliphatic rings. The van der Waals surface area contributed by atoms with Crippen molar-refractivity contribution in [2.45, 2.75) is 46.6 Å². The van der Waals surface area contributed by atoms with Gasteiger partial charge in [0.05, 0.1) is 0 Å². The number of unbranched alkanes of at least 4 members (excludes halogenated alkanes) is 1. The molecule has 1 radical (unpaired) electrons. The van der Waals surface area contributed by atoms with Gasteiger partial charge in [-0.1, -0.05) is 13.3 Å². The van der Waals surface area contributed by atoms with Gasteiger partial charge in [-0.15, -0.1) is 0 Å². The Kier molecular flexibility index (Phi) is 12.7. The fourth-order valence-electron chi connectivity index (χ4n) is 1.20. The molecule has 0 spiro atoms. The maximum Gasteiger partial charge on any atom is 0.564 e. The van der Waals surface area contributed by atoms with Crippen molar-refractivity contribution in [3.05, 3.63) is 0 Å². The van der Waals surface area contributed by atoms with Crippen molar-refractivity contribution in [1.29, 1.82) is 0 Å². The van der Waals surface area contributed by atoms with Gasteiger partial charge in [-0.05, 0) is 20.3 Å². The second-order valence-electron chi connectivity index (χ2n) is 3.31. The Bertz CT molecular complexity index is 184. The van der Waals surface area contributed by atoms with E-state index in [2.05, 4.69) is 0 Å². The van der Waals surface area contributed by atoms with Gasteiger partial charge in [0.2, 0.25) is 0 Å². The maximum atomic E-state index is 11.4. The summed E-state index contributed by atoms with van der Waals surface area (Å²) in [5.41, 5.74) is 0. The molecule has 16 heavy (non-hydrogen) atoms. The molecule has 0 aromatic rings. The van der Waals surface area contributed by atoms with E-state index in [0.29, 0.717) is 19.6 Å². The van der Waals surface area contributed by atoms with Crippen LogP contribution in [-0.2, 0) is 18.1 Å². The van der Waals surface area contributed by atoms with Gasteiger partial charge in [0.15, 0.2) is 0 Å². The molecular formula is C10H22NaO4Si. The molecule has 0 saturated heterocycles. The summed E-state index contributed by atoms with van der Waals surface area (Å²) in [5, 5.41) is 0. The van der Waals surface area contributed by atoms with Crippen molar-refractivity contribution in [1.82, 2.24) is 0 Å². The smallest absolute Gasteiger partial charge is 0.473 e. The Hall–Kier alpha value is 0.607. The summed E-state index contributed by atoms with van der Waals surface area (Å²) in [6, 6.07) is 0. The van der Waals surface area contributed by atoms with Crippen LogP contribution in [0.25, 0.3) is 0 Å². The topological polar surface area (TPSA) is 44.8 Å². The Balaban J connectivity index is 0. The molecule has 91 valence electrons. The van der Waals surface area contributed by atoms with Gasteiger partial charge < -0.3 is 13.3 Å². The summed E-state index contributed by atoms with van der Waals surface area (Å²) >= 11 is 0. The Morgan fingerprint density at radius 2 is 1.62 bits per heavy atom. The molecule has 0 aromatic carbocycles. The minimum atomic E-state index is -2.71. The first-order valence-corrected chi connectivity index (χ1v) is 7.80. The average Bonchev–Trinajstić information content (AvgIpc) is 2.15. The maximum absolute atomic E-state index is 11.4. The third-order valence-electron chi connectivity index (χ3n) is 1.85. The van der Waals surface area contributed by atoms with Crippen molar-refractivity contribution in [3.63, 3.8) is 0 Å². The van der Waals surface area contributed by atoms with Gasteiger partial charge in [-0.25, -0.2) is 0 Å². The molecule has 0 rings (SSSR count). The molecule has 0 aromatic heterocycles. The number of rotatable bonds is 8. The van der Waals surface area contributed by atoms with E-state index in [9.17, 15) is 4.79 Å². The van der Waals surface area contributed by atoms with Gasteiger partial charge in [-0.2, -0.15) is 0 Å². The summed E-state index contributed by atoms with van der Waals surface area (Å²) in [7, 11) is -2.71. The molecule has 0 amide bonds. The summed E-state index contributed by atoms with van der Waals surface area (Å²) in [5.74, 6) is -0.215. The van der Waals surface area contributed by atoms with E-state index < -0.39 is 8.80 Å². The van der Waals surface area contributed by atoms with Gasteiger partial charge >= 0.3 is 8.80 Å². The molecule has 6 heteroatoms. The predicted octanol–water partition coefficient (Wildman–Crippen LogP) is 1.98. The first kappa shape index (κ1) is 19.0. The van der Waals surface area contributed by atoms with Crippen molar-refractivity contribution in [3.8, 4) is 0 Å². The zero-order valence-corrected chi connectivity index (χ0v) is 14.2. The number of hydrogen-bond donors (Lipinski definition) is 0. The Labute approximate surface area is 122 Å². The molecule has 0 unspecified atom stereocenters. The van der Waals surface area contributed by atoms with E-state index in [0.717, 1.165) is 12.8 Å². The molecule has 4 nitrogen and oxygen atoms in total. The molecule has 0 bridgehead atoms. The van der Waals surface area contributed by atoms with Crippen LogP contribution in [0.2, 0.25) is 6.55 Å². The normalized spacial score (nSPS) is 10.8. The van der Waals surface area contributed by atoms with Gasteiger partial charge in [0.1, 0.15) is 0 Å². The van der Waals surface area contributed by atoms with E-state index in [1.54, 1.807) is 6.55 Å². The zero-order valence-electron chi connectivity index (χ0n) is 11.2. The first-order valence-electron chi connectivity index (χ1n) is 5.57. The van der Waals surface area contributed by atoms with E-state index in [-0.39, 0.29) is 35.5 Å². The molecule has 0 aliphatic carbocycles. The average molecular weight is 257 g/mol. The van der Waals surface area contributed by atoms with E-state index in [4.69, 9.17) is 13.3 Å². The van der Waals surface area contributed by atoms with Crippen LogP contribution in [0.1, 0.15) is 40.0 Å². The molecular weight excluding hydrogens is 235 g/mol. The van der Waals surface area contributed by atoms with Crippen LogP contribution in [0.5, 0.6) is 0 Å². The number of hydrogen-bond acceptors (Lipinski definition) is 4. The minimum Gasteiger partial charge on any atom is -0.473 e. The molecule has 0 fully saturated rings. The van der Waals surface area contributed by atoms with Crippen LogP contribution in [0, 0.1) is 0 Å². The van der Waals surface area contributed by atoms with Crippen LogP contribution in [-0.4, -0.2) is 57.5 Å². The number of carbonyl (C=O) groups excluding carboxylic acids is 1. The summed E-state index contributed by atoms with van der Waals surface area (Å²) in [6.07, 6.45) is 2.28. The monoisotopic (exact) mass is 257 g/mol. The van der Waals surface area contributed by atoms with Gasteiger partial charge in [0, 0.05) is 55.7 Å². The molecule has 0 N–H and O–H groups in total. The van der Waals surface area contributed by atoms with Crippen LogP contribution >= 0.6 is 0 Å². The van der Waals surface area contributed by atoms with Gasteiger partial charge in [0.25, 0.3) is 5.97 Å². The van der Waals surface area contributed by atoms with E-state index in [1.165, 1.54) is 0 Å². The second-order valence-corrected chi connectivity index (χ2v) is 5.81. The Morgan fingerprint density at radius 1 is 1.12 bits per heavy atom. The van der Waals surface area contributed by atoms with Crippen LogP contribution in [0.3, 0.4) is 0 Å².